The minimum Gasteiger partial charge on any atom is -0.504 e. The molecule has 4 aromatic rings. The predicted molar refractivity (Wildman–Crippen MR) is 118 cm³/mol. The molecule has 0 amide bonds. The number of halogens is 3. The lowest BCUT2D eigenvalue weighted by atomic mass is 10.1. The first-order valence-corrected chi connectivity index (χ1v) is 10.0. The minimum absolute atomic E-state index is 0.168. The molecular formula is C19H10F3N7O11. The summed E-state index contributed by atoms with van der Waals surface area (Å²) in [5.74, 6) is -13.3. The molecule has 0 aliphatic rings. The fraction of sp³-hybridized carbons (Fsp3) is 0.0526. The fourth-order valence-corrected chi connectivity index (χ4v) is 3.04. The first-order valence-electron chi connectivity index (χ1n) is 10.0. The molecule has 2 heterocycles. The Kier molecular flexibility index (Phi) is 6.47. The lowest BCUT2D eigenvalue weighted by Gasteiger charge is -2.13. The van der Waals surface area contributed by atoms with Gasteiger partial charge in [-0.1, -0.05) is 11.2 Å². The Hall–Kier alpha value is -6.15. The van der Waals surface area contributed by atoms with Gasteiger partial charge in [0, 0.05) is 10.7 Å². The summed E-state index contributed by atoms with van der Waals surface area (Å²) in [6, 6.07) is 3.18. The Morgan fingerprint density at radius 3 is 2.23 bits per heavy atom. The molecule has 0 unspecified atom stereocenters. The van der Waals surface area contributed by atoms with Crippen molar-refractivity contribution in [1.82, 2.24) is 20.2 Å². The van der Waals surface area contributed by atoms with Crippen LogP contribution in [0.25, 0.3) is 11.5 Å². The molecule has 0 bridgehead atoms. The van der Waals surface area contributed by atoms with Crippen LogP contribution in [0.15, 0.2) is 28.7 Å². The second-order valence-corrected chi connectivity index (χ2v) is 7.33. The van der Waals surface area contributed by atoms with E-state index >= 15 is 0 Å². The summed E-state index contributed by atoms with van der Waals surface area (Å²) in [5, 5.41) is 82.6. The SMILES string of the molecule is O=[N+]([O-])c1nc(Oc2c(O)c(O)c(O)c(-c3nnc(Nc4cccc(C(F)(F)F)c4)o3)c2O)c(O)c([N+](=O)[O-])n1. The van der Waals surface area contributed by atoms with Gasteiger partial charge in [0.15, 0.2) is 11.5 Å². The van der Waals surface area contributed by atoms with Crippen molar-refractivity contribution >= 4 is 23.5 Å². The summed E-state index contributed by atoms with van der Waals surface area (Å²) in [6.07, 6.45) is -4.67. The van der Waals surface area contributed by atoms with Crippen LogP contribution in [0.5, 0.6) is 40.4 Å². The van der Waals surface area contributed by atoms with E-state index in [9.17, 15) is 58.9 Å². The van der Waals surface area contributed by atoms with Gasteiger partial charge in [0.1, 0.15) is 5.56 Å². The van der Waals surface area contributed by atoms with Crippen LogP contribution >= 0.6 is 0 Å². The Bertz CT molecular complexity index is 1680. The first kappa shape index (κ1) is 26.9. The summed E-state index contributed by atoms with van der Waals surface area (Å²) in [6.45, 7) is 0. The fourth-order valence-electron chi connectivity index (χ4n) is 3.04. The summed E-state index contributed by atoms with van der Waals surface area (Å²) in [5.41, 5.74) is -2.14. The van der Waals surface area contributed by atoms with Gasteiger partial charge in [-0.05, 0) is 33.0 Å². The molecule has 40 heavy (non-hydrogen) atoms. The van der Waals surface area contributed by atoms with Crippen LogP contribution in [0.3, 0.4) is 0 Å². The average Bonchev–Trinajstić information content (AvgIpc) is 3.33. The van der Waals surface area contributed by atoms with Crippen molar-refractivity contribution in [3.63, 3.8) is 0 Å². The second kappa shape index (κ2) is 9.62. The molecule has 0 fully saturated rings. The highest BCUT2D eigenvalue weighted by atomic mass is 19.4. The van der Waals surface area contributed by atoms with Crippen LogP contribution in [0.4, 0.5) is 36.6 Å². The number of aromatic hydroxyl groups is 5. The van der Waals surface area contributed by atoms with Gasteiger partial charge in [-0.15, -0.1) is 5.10 Å². The van der Waals surface area contributed by atoms with Gasteiger partial charge in [0.25, 0.3) is 11.6 Å². The van der Waals surface area contributed by atoms with E-state index < -0.39 is 91.2 Å². The Labute approximate surface area is 215 Å². The van der Waals surface area contributed by atoms with Crippen molar-refractivity contribution in [2.75, 3.05) is 5.32 Å². The van der Waals surface area contributed by atoms with Crippen LogP contribution in [0.2, 0.25) is 0 Å². The van der Waals surface area contributed by atoms with Gasteiger partial charge >= 0.3 is 29.8 Å². The lowest BCUT2D eigenvalue weighted by molar-refractivity contribution is -0.406. The van der Waals surface area contributed by atoms with E-state index in [1.54, 1.807) is 0 Å². The molecule has 0 radical (unpaired) electrons. The number of hydrogen-bond donors (Lipinski definition) is 6. The number of hydrogen-bond acceptors (Lipinski definition) is 16. The van der Waals surface area contributed by atoms with Gasteiger partial charge in [0.05, 0.1) is 5.56 Å². The average molecular weight is 569 g/mol. The molecule has 6 N–H and O–H groups in total. The van der Waals surface area contributed by atoms with E-state index in [1.165, 1.54) is 6.07 Å². The number of ether oxygens (including phenoxy) is 1. The first-order chi connectivity index (χ1) is 18.7. The van der Waals surface area contributed by atoms with Crippen LogP contribution in [-0.4, -0.2) is 55.5 Å². The number of rotatable bonds is 7. The number of phenols is 4. The van der Waals surface area contributed by atoms with Crippen LogP contribution in [0.1, 0.15) is 5.56 Å². The number of nitrogens with zero attached hydrogens (tertiary/aromatic N) is 6. The third kappa shape index (κ3) is 4.88. The van der Waals surface area contributed by atoms with Crippen molar-refractivity contribution in [3.8, 4) is 51.8 Å². The molecule has 0 aliphatic carbocycles. The standard InChI is InChI=1S/C19H10F3N7O11/c20-19(21,22)5-2-1-3-6(4-5)23-18-27-26-15(40-18)7-8(30)10(32)11(33)13(9(7)31)39-16-12(34)14(28(35)36)24-17(25-16)29(37)38/h1-4,30-34H,(H,23,27). The van der Waals surface area contributed by atoms with Crippen molar-refractivity contribution in [2.45, 2.75) is 6.18 Å². The molecule has 0 saturated carbocycles. The molecule has 4 rings (SSSR count). The third-order valence-electron chi connectivity index (χ3n) is 4.79. The molecular weight excluding hydrogens is 559 g/mol. The summed E-state index contributed by atoms with van der Waals surface area (Å²) in [7, 11) is 0. The van der Waals surface area contributed by atoms with E-state index in [4.69, 9.17) is 9.15 Å². The zero-order valence-electron chi connectivity index (χ0n) is 18.8. The molecule has 0 atom stereocenters. The van der Waals surface area contributed by atoms with E-state index in [0.717, 1.165) is 12.1 Å². The maximum Gasteiger partial charge on any atom is 0.512 e. The highest BCUT2D eigenvalue weighted by molar-refractivity contribution is 5.82. The Balaban J connectivity index is 1.76. The van der Waals surface area contributed by atoms with Gasteiger partial charge < -0.3 is 60.2 Å². The maximum atomic E-state index is 13.0. The molecule has 208 valence electrons. The van der Waals surface area contributed by atoms with Gasteiger partial charge in [-0.3, -0.25) is 0 Å². The Morgan fingerprint density at radius 1 is 0.900 bits per heavy atom. The molecule has 0 spiro atoms. The van der Waals surface area contributed by atoms with E-state index in [0.29, 0.717) is 6.07 Å². The van der Waals surface area contributed by atoms with Crippen molar-refractivity contribution in [3.05, 3.63) is 50.1 Å². The molecule has 0 aliphatic heterocycles. The summed E-state index contributed by atoms with van der Waals surface area (Å²) in [4.78, 5) is 25.5. The van der Waals surface area contributed by atoms with E-state index in [2.05, 4.69) is 25.5 Å². The molecule has 0 saturated heterocycles. The number of nitrogens with one attached hydrogen (secondary N) is 1. The zero-order chi connectivity index (χ0) is 29.5. The van der Waals surface area contributed by atoms with Crippen LogP contribution in [-0.2, 0) is 6.18 Å². The lowest BCUT2D eigenvalue weighted by Crippen LogP contribution is -2.05. The molecule has 2 aromatic heterocycles. The number of alkyl halides is 3. The highest BCUT2D eigenvalue weighted by Gasteiger charge is 2.35. The van der Waals surface area contributed by atoms with Crippen molar-refractivity contribution < 1.29 is 57.7 Å². The highest BCUT2D eigenvalue weighted by Crippen LogP contribution is 2.56. The topological polar surface area (TPSA) is 273 Å². The van der Waals surface area contributed by atoms with Crippen LogP contribution < -0.4 is 10.1 Å². The summed E-state index contributed by atoms with van der Waals surface area (Å²) >= 11 is 0. The van der Waals surface area contributed by atoms with Gasteiger partial charge in [-0.2, -0.15) is 13.2 Å². The summed E-state index contributed by atoms with van der Waals surface area (Å²) < 4.78 is 48.9. The number of nitro groups is 2. The second-order valence-electron chi connectivity index (χ2n) is 7.33. The minimum atomic E-state index is -4.67. The van der Waals surface area contributed by atoms with Gasteiger partial charge in [0.2, 0.25) is 17.2 Å². The van der Waals surface area contributed by atoms with Gasteiger partial charge in [-0.25, -0.2) is 0 Å². The largest absolute Gasteiger partial charge is 0.512 e. The Morgan fingerprint density at radius 2 is 1.60 bits per heavy atom. The number of aromatic nitrogens is 4. The zero-order valence-corrected chi connectivity index (χ0v) is 18.8. The number of benzene rings is 2. The number of anilines is 2. The van der Waals surface area contributed by atoms with E-state index in [-0.39, 0.29) is 5.69 Å². The molecule has 18 nitrogen and oxygen atoms in total. The third-order valence-corrected chi connectivity index (χ3v) is 4.79. The monoisotopic (exact) mass is 569 g/mol. The molecule has 2 aromatic carbocycles. The van der Waals surface area contributed by atoms with E-state index in [1.807, 2.05) is 0 Å². The van der Waals surface area contributed by atoms with Crippen molar-refractivity contribution in [2.24, 2.45) is 0 Å². The normalized spacial score (nSPS) is 11.3. The molecule has 21 heteroatoms. The van der Waals surface area contributed by atoms with Crippen molar-refractivity contribution in [1.29, 1.82) is 0 Å². The quantitative estimate of drug-likeness (QED) is 0.0804. The smallest absolute Gasteiger partial charge is 0.504 e. The predicted octanol–water partition coefficient (Wildman–Crippen LogP) is 3.43. The number of phenolic OH excluding ortho intramolecular Hbond substituents is 4. The maximum absolute atomic E-state index is 13.0. The van der Waals surface area contributed by atoms with Crippen LogP contribution in [0, 0.1) is 20.2 Å².